The zero-order valence-electron chi connectivity index (χ0n) is 9.39. The SMILES string of the molecule is O=[N+]([O-])N(c1ccccc1)C([N+](=O)[O-])([N+](=O)[O-])[N+](=O)[O-]. The molecule has 1 aromatic carbocycles. The molecular formula is C7H5N5O8. The Morgan fingerprint density at radius 2 is 1.20 bits per heavy atom. The van der Waals surface area contributed by atoms with Gasteiger partial charge in [0.05, 0.1) is 0 Å². The number of anilines is 1. The molecule has 106 valence electrons. The highest BCUT2D eigenvalue weighted by Crippen LogP contribution is 2.26. The molecule has 0 unspecified atom stereocenters. The maximum Gasteiger partial charge on any atom is 0.854 e. The van der Waals surface area contributed by atoms with Gasteiger partial charge in [-0.15, -0.1) is 0 Å². The summed E-state index contributed by atoms with van der Waals surface area (Å²) in [6.45, 7) is 0. The number of nitro groups is 4. The molecule has 0 radical (unpaired) electrons. The molecular weight excluding hydrogens is 282 g/mol. The molecule has 0 aliphatic carbocycles. The van der Waals surface area contributed by atoms with E-state index in [4.69, 9.17) is 0 Å². The van der Waals surface area contributed by atoms with E-state index in [0.29, 0.717) is 0 Å². The van der Waals surface area contributed by atoms with Crippen molar-refractivity contribution in [2.24, 2.45) is 0 Å². The van der Waals surface area contributed by atoms with E-state index in [2.05, 4.69) is 0 Å². The summed E-state index contributed by atoms with van der Waals surface area (Å²) in [5.41, 5.74) is -0.678. The summed E-state index contributed by atoms with van der Waals surface area (Å²) in [5.74, 6) is -4.36. The van der Waals surface area contributed by atoms with E-state index in [1.54, 1.807) is 0 Å². The molecule has 0 heterocycles. The molecule has 13 nitrogen and oxygen atoms in total. The van der Waals surface area contributed by atoms with Crippen LogP contribution in [0.3, 0.4) is 0 Å². The largest absolute Gasteiger partial charge is 0.854 e. The van der Waals surface area contributed by atoms with Gasteiger partial charge in [0, 0.05) is 0 Å². The number of rotatable bonds is 6. The van der Waals surface area contributed by atoms with Crippen molar-refractivity contribution in [2.45, 2.75) is 5.91 Å². The van der Waals surface area contributed by atoms with Crippen LogP contribution in [0, 0.1) is 40.5 Å². The predicted octanol–water partition coefficient (Wildman–Crippen LogP) is 0.126. The summed E-state index contributed by atoms with van der Waals surface area (Å²) >= 11 is 0. The Balaban J connectivity index is 3.65. The van der Waals surface area contributed by atoms with Gasteiger partial charge in [-0.2, -0.15) is 0 Å². The maximum absolute atomic E-state index is 10.9. The number of benzene rings is 1. The first-order valence-corrected chi connectivity index (χ1v) is 4.69. The topological polar surface area (TPSA) is 176 Å². The lowest BCUT2D eigenvalue weighted by atomic mass is 10.3. The molecule has 20 heavy (non-hydrogen) atoms. The number of para-hydroxylation sites is 1. The molecule has 0 N–H and O–H groups in total. The van der Waals surface area contributed by atoms with Crippen LogP contribution in [-0.4, -0.2) is 25.7 Å². The summed E-state index contributed by atoms with van der Waals surface area (Å²) in [6, 6.07) is 5.52. The number of hydrazine groups is 1. The van der Waals surface area contributed by atoms with Gasteiger partial charge in [-0.25, -0.2) is 10.1 Å². The first kappa shape index (κ1) is 14.7. The Morgan fingerprint density at radius 1 is 0.800 bits per heavy atom. The normalized spacial score (nSPS) is 10.6. The van der Waals surface area contributed by atoms with Gasteiger partial charge in [-0.05, 0) is 12.1 Å². The van der Waals surface area contributed by atoms with Crippen LogP contribution in [0.5, 0.6) is 0 Å². The molecule has 13 heteroatoms. The van der Waals surface area contributed by atoms with E-state index in [1.807, 2.05) is 0 Å². The van der Waals surface area contributed by atoms with E-state index in [0.717, 1.165) is 12.1 Å². The molecule has 0 aromatic heterocycles. The summed E-state index contributed by atoms with van der Waals surface area (Å²) in [4.78, 5) is 37.5. The van der Waals surface area contributed by atoms with Crippen LogP contribution in [0.4, 0.5) is 5.69 Å². The lowest BCUT2D eigenvalue weighted by Gasteiger charge is -2.14. The smallest absolute Gasteiger partial charge is 0.251 e. The fourth-order valence-corrected chi connectivity index (χ4v) is 1.38. The molecule has 0 aliphatic heterocycles. The highest BCUT2D eigenvalue weighted by Gasteiger charge is 2.83. The van der Waals surface area contributed by atoms with Crippen LogP contribution in [0.1, 0.15) is 0 Å². The first-order valence-electron chi connectivity index (χ1n) is 4.69. The Kier molecular flexibility index (Phi) is 3.73. The van der Waals surface area contributed by atoms with Crippen molar-refractivity contribution in [2.75, 3.05) is 5.01 Å². The van der Waals surface area contributed by atoms with Gasteiger partial charge in [-0.3, -0.25) is 30.3 Å². The minimum absolute atomic E-state index is 0.678. The van der Waals surface area contributed by atoms with Gasteiger partial charge < -0.3 is 0 Å². The summed E-state index contributed by atoms with van der Waals surface area (Å²) in [5, 5.41) is 41.0. The van der Waals surface area contributed by atoms with Crippen LogP contribution in [0.15, 0.2) is 30.3 Å². The zero-order chi connectivity index (χ0) is 15.5. The van der Waals surface area contributed by atoms with E-state index in [1.165, 1.54) is 18.2 Å². The monoisotopic (exact) mass is 287 g/mol. The first-order chi connectivity index (χ1) is 9.26. The van der Waals surface area contributed by atoms with E-state index in [-0.39, 0.29) is 0 Å². The van der Waals surface area contributed by atoms with Gasteiger partial charge in [0.15, 0.2) is 5.03 Å². The third-order valence-electron chi connectivity index (χ3n) is 2.18. The van der Waals surface area contributed by atoms with Crippen LogP contribution in [0.2, 0.25) is 0 Å². The second-order valence-electron chi connectivity index (χ2n) is 3.26. The van der Waals surface area contributed by atoms with Crippen molar-refractivity contribution in [3.63, 3.8) is 0 Å². The van der Waals surface area contributed by atoms with Crippen LogP contribution in [-0.2, 0) is 0 Å². The summed E-state index contributed by atoms with van der Waals surface area (Å²) in [6.07, 6.45) is 0. The van der Waals surface area contributed by atoms with Gasteiger partial charge in [0.1, 0.15) is 10.7 Å². The number of nitrogens with zero attached hydrogens (tertiary/aromatic N) is 5. The lowest BCUT2D eigenvalue weighted by molar-refractivity contribution is -0.987. The van der Waals surface area contributed by atoms with Crippen LogP contribution < -0.4 is 5.01 Å². The molecule has 0 aliphatic rings. The highest BCUT2D eigenvalue weighted by molar-refractivity contribution is 5.43. The van der Waals surface area contributed by atoms with Crippen molar-refractivity contribution in [3.05, 3.63) is 70.8 Å². The van der Waals surface area contributed by atoms with Crippen molar-refractivity contribution in [1.82, 2.24) is 0 Å². The average Bonchev–Trinajstić information content (AvgIpc) is 2.34. The van der Waals surface area contributed by atoms with E-state index < -0.39 is 36.4 Å². The van der Waals surface area contributed by atoms with Crippen LogP contribution in [0.25, 0.3) is 0 Å². The Hall–Kier alpha value is -3.38. The molecule has 0 spiro atoms. The molecule has 0 fully saturated rings. The minimum Gasteiger partial charge on any atom is -0.251 e. The Labute approximate surface area is 108 Å². The van der Waals surface area contributed by atoms with Crippen molar-refractivity contribution in [3.8, 4) is 0 Å². The molecule has 0 atom stereocenters. The second-order valence-corrected chi connectivity index (χ2v) is 3.26. The zero-order valence-corrected chi connectivity index (χ0v) is 9.39. The quantitative estimate of drug-likeness (QED) is 0.399. The molecule has 0 saturated carbocycles. The van der Waals surface area contributed by atoms with Gasteiger partial charge in [0.2, 0.25) is 14.8 Å². The summed E-state index contributed by atoms with van der Waals surface area (Å²) < 4.78 is 0. The van der Waals surface area contributed by atoms with Crippen molar-refractivity contribution in [1.29, 1.82) is 0 Å². The minimum atomic E-state index is -4.36. The van der Waals surface area contributed by atoms with Gasteiger partial charge in [0.25, 0.3) is 0 Å². The molecule has 0 amide bonds. The molecule has 1 aromatic rings. The van der Waals surface area contributed by atoms with Crippen molar-refractivity contribution < 1.29 is 19.8 Å². The Morgan fingerprint density at radius 3 is 1.50 bits per heavy atom. The predicted molar refractivity (Wildman–Crippen MR) is 59.6 cm³/mol. The van der Waals surface area contributed by atoms with Gasteiger partial charge in [-0.1, -0.05) is 18.2 Å². The lowest BCUT2D eigenvalue weighted by Crippen LogP contribution is -2.67. The van der Waals surface area contributed by atoms with Crippen molar-refractivity contribution >= 4 is 5.69 Å². The molecule has 0 saturated heterocycles. The third kappa shape index (κ3) is 2.02. The Bertz CT molecular complexity index is 538. The number of hydrogen-bond donors (Lipinski definition) is 0. The summed E-state index contributed by atoms with van der Waals surface area (Å²) in [7, 11) is 0. The maximum atomic E-state index is 10.9. The highest BCUT2D eigenvalue weighted by atomic mass is 16.8. The second kappa shape index (κ2) is 5.09. The third-order valence-corrected chi connectivity index (χ3v) is 2.18. The fraction of sp³-hybridized carbons (Fsp3) is 0.143. The molecule has 0 bridgehead atoms. The molecule has 1 rings (SSSR count). The van der Waals surface area contributed by atoms with E-state index in [9.17, 15) is 40.5 Å². The van der Waals surface area contributed by atoms with E-state index >= 15 is 0 Å². The average molecular weight is 287 g/mol. The standard InChI is InChI=1S/C7H5N5O8/c13-9(14)7(10(15)16,11(17)18)8(12(19)20)6-4-2-1-3-5-6/h1-5H. The number of hydrogen-bond acceptors (Lipinski definition) is 8. The van der Waals surface area contributed by atoms with Gasteiger partial charge >= 0.3 is 5.91 Å². The fourth-order valence-electron chi connectivity index (χ4n) is 1.38. The van der Waals surface area contributed by atoms with Crippen LogP contribution >= 0.6 is 0 Å².